The van der Waals surface area contributed by atoms with Crippen molar-refractivity contribution in [1.82, 2.24) is 5.32 Å². The van der Waals surface area contributed by atoms with Gasteiger partial charge in [-0.2, -0.15) is 0 Å². The molecule has 1 fully saturated rings. The van der Waals surface area contributed by atoms with Crippen LogP contribution >= 0.6 is 0 Å². The van der Waals surface area contributed by atoms with E-state index >= 15 is 0 Å². The smallest absolute Gasteiger partial charge is 0.251 e. The number of hydrogen-bond acceptors (Lipinski definition) is 1. The molecule has 1 aliphatic rings. The van der Waals surface area contributed by atoms with Crippen molar-refractivity contribution in [2.24, 2.45) is 5.92 Å². The number of amides is 1. The molecule has 0 unspecified atom stereocenters. The Labute approximate surface area is 101 Å². The second-order valence-electron chi connectivity index (χ2n) is 4.94. The lowest BCUT2D eigenvalue weighted by atomic mass is 9.87. The summed E-state index contributed by atoms with van der Waals surface area (Å²) in [5.41, 5.74) is 0.532. The van der Waals surface area contributed by atoms with Gasteiger partial charge in [0.15, 0.2) is 0 Å². The zero-order chi connectivity index (χ0) is 12.3. The SMILES string of the molecule is CC1CCC(NC(=O)c2ccc(F)cc2)CC1. The van der Waals surface area contributed by atoms with Gasteiger partial charge >= 0.3 is 0 Å². The number of nitrogens with one attached hydrogen (secondary N) is 1. The van der Waals surface area contributed by atoms with Crippen molar-refractivity contribution < 1.29 is 9.18 Å². The Balaban J connectivity index is 1.91. The Morgan fingerprint density at radius 3 is 2.35 bits per heavy atom. The summed E-state index contributed by atoms with van der Waals surface area (Å²) in [4.78, 5) is 11.9. The van der Waals surface area contributed by atoms with Gasteiger partial charge in [0.05, 0.1) is 0 Å². The molecule has 1 N–H and O–H groups in total. The number of hydrogen-bond donors (Lipinski definition) is 1. The summed E-state index contributed by atoms with van der Waals surface area (Å²) in [7, 11) is 0. The van der Waals surface area contributed by atoms with E-state index in [1.54, 1.807) is 0 Å². The fourth-order valence-electron chi connectivity index (χ4n) is 2.27. The van der Waals surface area contributed by atoms with Gasteiger partial charge in [-0.3, -0.25) is 4.79 Å². The molecule has 17 heavy (non-hydrogen) atoms. The molecule has 0 heterocycles. The van der Waals surface area contributed by atoms with Crippen LogP contribution in [-0.4, -0.2) is 11.9 Å². The van der Waals surface area contributed by atoms with E-state index in [2.05, 4.69) is 12.2 Å². The fraction of sp³-hybridized carbons (Fsp3) is 0.500. The minimum absolute atomic E-state index is 0.0930. The van der Waals surface area contributed by atoms with Crippen LogP contribution in [0.15, 0.2) is 24.3 Å². The first-order valence-electron chi connectivity index (χ1n) is 6.21. The lowest BCUT2D eigenvalue weighted by molar-refractivity contribution is 0.0923. The zero-order valence-corrected chi connectivity index (χ0v) is 10.1. The molecule has 92 valence electrons. The van der Waals surface area contributed by atoms with Gasteiger partial charge in [-0.1, -0.05) is 6.92 Å². The summed E-state index contributed by atoms with van der Waals surface area (Å²) in [6.07, 6.45) is 4.45. The minimum atomic E-state index is -0.312. The van der Waals surface area contributed by atoms with Crippen LogP contribution in [0.2, 0.25) is 0 Å². The standard InChI is InChI=1S/C14H18FNO/c1-10-2-8-13(9-3-10)16-14(17)11-4-6-12(15)7-5-11/h4-7,10,13H,2-3,8-9H2,1H3,(H,16,17). The van der Waals surface area contributed by atoms with Gasteiger partial charge in [-0.05, 0) is 55.9 Å². The molecule has 1 aromatic carbocycles. The van der Waals surface area contributed by atoms with E-state index in [0.29, 0.717) is 5.56 Å². The van der Waals surface area contributed by atoms with Crippen molar-refractivity contribution in [2.45, 2.75) is 38.6 Å². The lowest BCUT2D eigenvalue weighted by Gasteiger charge is -2.26. The van der Waals surface area contributed by atoms with Crippen LogP contribution in [0.5, 0.6) is 0 Å². The summed E-state index contributed by atoms with van der Waals surface area (Å²) in [5.74, 6) is 0.367. The van der Waals surface area contributed by atoms with Crippen LogP contribution < -0.4 is 5.32 Å². The van der Waals surface area contributed by atoms with Crippen molar-refractivity contribution in [3.63, 3.8) is 0 Å². The monoisotopic (exact) mass is 235 g/mol. The predicted molar refractivity (Wildman–Crippen MR) is 65.3 cm³/mol. The van der Waals surface area contributed by atoms with Crippen molar-refractivity contribution in [3.05, 3.63) is 35.6 Å². The number of carbonyl (C=O) groups excluding carboxylic acids is 1. The third kappa shape index (κ3) is 3.29. The summed E-state index contributed by atoms with van der Waals surface area (Å²) in [5, 5.41) is 3.01. The molecular formula is C14H18FNO. The summed E-state index contributed by atoms with van der Waals surface area (Å²) < 4.78 is 12.7. The van der Waals surface area contributed by atoms with Crippen LogP contribution in [-0.2, 0) is 0 Å². The Hall–Kier alpha value is -1.38. The summed E-state index contributed by atoms with van der Waals surface area (Å²) >= 11 is 0. The maximum absolute atomic E-state index is 12.7. The molecule has 3 heteroatoms. The Bertz CT molecular complexity index is 380. The second-order valence-corrected chi connectivity index (χ2v) is 4.94. The molecule has 0 aromatic heterocycles. The average molecular weight is 235 g/mol. The average Bonchev–Trinajstić information content (AvgIpc) is 2.33. The maximum atomic E-state index is 12.7. The molecule has 0 saturated heterocycles. The molecule has 1 amide bonds. The molecule has 1 aromatic rings. The van der Waals surface area contributed by atoms with Gasteiger partial charge in [-0.25, -0.2) is 4.39 Å². The van der Waals surface area contributed by atoms with Gasteiger partial charge in [0.25, 0.3) is 5.91 Å². The van der Waals surface area contributed by atoms with Gasteiger partial charge in [0.2, 0.25) is 0 Å². The molecule has 1 saturated carbocycles. The highest BCUT2D eigenvalue weighted by Crippen LogP contribution is 2.23. The largest absolute Gasteiger partial charge is 0.349 e. The molecule has 2 nitrogen and oxygen atoms in total. The maximum Gasteiger partial charge on any atom is 0.251 e. The van der Waals surface area contributed by atoms with E-state index in [-0.39, 0.29) is 17.8 Å². The van der Waals surface area contributed by atoms with Crippen LogP contribution in [0.3, 0.4) is 0 Å². The molecular weight excluding hydrogens is 217 g/mol. The predicted octanol–water partition coefficient (Wildman–Crippen LogP) is 3.13. The third-order valence-corrected chi connectivity index (χ3v) is 3.46. The Morgan fingerprint density at radius 2 is 1.76 bits per heavy atom. The highest BCUT2D eigenvalue weighted by Gasteiger charge is 2.20. The molecule has 0 radical (unpaired) electrons. The summed E-state index contributed by atoms with van der Waals surface area (Å²) in [6.45, 7) is 2.25. The van der Waals surface area contributed by atoms with Gasteiger partial charge in [0.1, 0.15) is 5.82 Å². The fourth-order valence-corrected chi connectivity index (χ4v) is 2.27. The van der Waals surface area contributed by atoms with Crippen LogP contribution in [0.25, 0.3) is 0 Å². The van der Waals surface area contributed by atoms with E-state index in [1.165, 1.54) is 37.1 Å². The first kappa shape index (κ1) is 12.1. The van der Waals surface area contributed by atoms with E-state index in [9.17, 15) is 9.18 Å². The van der Waals surface area contributed by atoms with Crippen molar-refractivity contribution >= 4 is 5.91 Å². The minimum Gasteiger partial charge on any atom is -0.349 e. The summed E-state index contributed by atoms with van der Waals surface area (Å²) in [6, 6.07) is 5.96. The normalized spacial score (nSPS) is 24.4. The first-order valence-corrected chi connectivity index (χ1v) is 6.21. The van der Waals surface area contributed by atoms with E-state index in [1.807, 2.05) is 0 Å². The number of benzene rings is 1. The van der Waals surface area contributed by atoms with Crippen LogP contribution in [0.4, 0.5) is 4.39 Å². The molecule has 1 aliphatic carbocycles. The quantitative estimate of drug-likeness (QED) is 0.838. The lowest BCUT2D eigenvalue weighted by Crippen LogP contribution is -2.37. The van der Waals surface area contributed by atoms with E-state index < -0.39 is 0 Å². The second kappa shape index (κ2) is 5.30. The van der Waals surface area contributed by atoms with Crippen LogP contribution in [0.1, 0.15) is 43.0 Å². The highest BCUT2D eigenvalue weighted by molar-refractivity contribution is 5.94. The van der Waals surface area contributed by atoms with E-state index in [0.717, 1.165) is 18.8 Å². The molecule has 2 rings (SSSR count). The molecule has 0 bridgehead atoms. The van der Waals surface area contributed by atoms with Crippen molar-refractivity contribution in [1.29, 1.82) is 0 Å². The van der Waals surface area contributed by atoms with Gasteiger partial charge < -0.3 is 5.32 Å². The van der Waals surface area contributed by atoms with Crippen molar-refractivity contribution in [3.8, 4) is 0 Å². The van der Waals surface area contributed by atoms with Crippen LogP contribution in [0, 0.1) is 11.7 Å². The molecule has 0 aliphatic heterocycles. The molecule has 0 spiro atoms. The van der Waals surface area contributed by atoms with Gasteiger partial charge in [0, 0.05) is 11.6 Å². The highest BCUT2D eigenvalue weighted by atomic mass is 19.1. The third-order valence-electron chi connectivity index (χ3n) is 3.46. The van der Waals surface area contributed by atoms with Crippen molar-refractivity contribution in [2.75, 3.05) is 0 Å². The Kier molecular flexibility index (Phi) is 3.77. The van der Waals surface area contributed by atoms with E-state index in [4.69, 9.17) is 0 Å². The number of halogens is 1. The topological polar surface area (TPSA) is 29.1 Å². The zero-order valence-electron chi connectivity index (χ0n) is 10.1. The molecule has 0 atom stereocenters. The Morgan fingerprint density at radius 1 is 1.18 bits per heavy atom. The van der Waals surface area contributed by atoms with Gasteiger partial charge in [-0.15, -0.1) is 0 Å². The first-order chi connectivity index (χ1) is 8.15. The number of rotatable bonds is 2. The number of carbonyl (C=O) groups is 1.